The number of nitrogens with zero attached hydrogens (tertiary/aromatic N) is 3. The fourth-order valence-corrected chi connectivity index (χ4v) is 2.93. The molecular formula is C11H15F3N4S2. The van der Waals surface area contributed by atoms with Crippen molar-refractivity contribution in [2.75, 3.05) is 5.75 Å². The Kier molecular flexibility index (Phi) is 4.48. The summed E-state index contributed by atoms with van der Waals surface area (Å²) in [6.45, 7) is 2.25. The number of hydrogen-bond acceptors (Lipinski definition) is 3. The third-order valence-electron chi connectivity index (χ3n) is 2.89. The van der Waals surface area contributed by atoms with Crippen molar-refractivity contribution in [3.63, 3.8) is 0 Å². The fraction of sp³-hybridized carbons (Fsp3) is 0.636. The summed E-state index contributed by atoms with van der Waals surface area (Å²) in [6.07, 6.45) is 1.76. The summed E-state index contributed by atoms with van der Waals surface area (Å²) in [5, 5.41) is 4.39. The highest BCUT2D eigenvalue weighted by Gasteiger charge is 2.27. The third kappa shape index (κ3) is 3.20. The van der Waals surface area contributed by atoms with Crippen LogP contribution in [0, 0.1) is 4.77 Å². The molecule has 0 bridgehead atoms. The average molecular weight is 324 g/mol. The summed E-state index contributed by atoms with van der Waals surface area (Å²) in [4.78, 5) is 3.05. The molecule has 0 aliphatic heterocycles. The largest absolute Gasteiger partial charge is 0.441 e. The van der Waals surface area contributed by atoms with Crippen LogP contribution in [-0.4, -0.2) is 30.6 Å². The molecule has 20 heavy (non-hydrogen) atoms. The monoisotopic (exact) mass is 324 g/mol. The van der Waals surface area contributed by atoms with Gasteiger partial charge in [-0.2, -0.15) is 18.3 Å². The maximum Gasteiger partial charge on any atom is 0.441 e. The first-order valence-corrected chi connectivity index (χ1v) is 7.58. The summed E-state index contributed by atoms with van der Waals surface area (Å²) < 4.78 is 40.3. The van der Waals surface area contributed by atoms with E-state index in [0.717, 1.165) is 29.7 Å². The Morgan fingerprint density at radius 2 is 2.10 bits per heavy atom. The quantitative estimate of drug-likeness (QED) is 0.854. The fourth-order valence-electron chi connectivity index (χ4n) is 2.15. The van der Waals surface area contributed by atoms with Gasteiger partial charge < -0.3 is 9.55 Å². The molecule has 0 saturated heterocycles. The van der Waals surface area contributed by atoms with E-state index >= 15 is 0 Å². The van der Waals surface area contributed by atoms with Gasteiger partial charge in [0.25, 0.3) is 0 Å². The van der Waals surface area contributed by atoms with E-state index in [2.05, 4.69) is 10.1 Å². The highest BCUT2D eigenvalue weighted by molar-refractivity contribution is 8.00. The Morgan fingerprint density at radius 3 is 2.70 bits per heavy atom. The number of nitrogens with one attached hydrogen (secondary N) is 1. The van der Waals surface area contributed by atoms with Crippen molar-refractivity contribution in [1.29, 1.82) is 0 Å². The number of halogens is 3. The summed E-state index contributed by atoms with van der Waals surface area (Å²) in [7, 11) is 1.78. The Morgan fingerprint density at radius 1 is 1.40 bits per heavy atom. The number of hydrogen-bond donors (Lipinski definition) is 1. The lowest BCUT2D eigenvalue weighted by atomic mass is 10.2. The summed E-state index contributed by atoms with van der Waals surface area (Å²) >= 11 is 5.15. The molecule has 0 unspecified atom stereocenters. The molecule has 2 heterocycles. The molecule has 9 heteroatoms. The second-order valence-corrected chi connectivity index (χ2v) is 5.94. The number of aryl methyl sites for hydroxylation is 3. The standard InChI is InChI=1S/C11H15F3N4S2/c1-3-4-7-8-9(17(2)16-7)18(10(19)15-8)5-6-20-11(12,13)14/h3-6H2,1-2H3,(H,15,19). The predicted octanol–water partition coefficient (Wildman–Crippen LogP) is 3.64. The van der Waals surface area contributed by atoms with E-state index < -0.39 is 5.51 Å². The summed E-state index contributed by atoms with van der Waals surface area (Å²) in [6, 6.07) is 0. The van der Waals surface area contributed by atoms with Crippen molar-refractivity contribution in [1.82, 2.24) is 19.3 Å². The molecule has 2 aromatic rings. The van der Waals surface area contributed by atoms with Gasteiger partial charge in [-0.05, 0) is 30.4 Å². The van der Waals surface area contributed by atoms with Crippen molar-refractivity contribution in [3.05, 3.63) is 10.5 Å². The summed E-state index contributed by atoms with van der Waals surface area (Å²) in [5.74, 6) is -0.0704. The van der Waals surface area contributed by atoms with Crippen molar-refractivity contribution in [3.8, 4) is 0 Å². The number of aromatic amines is 1. The van der Waals surface area contributed by atoms with Crippen LogP contribution in [0.5, 0.6) is 0 Å². The molecule has 0 fully saturated rings. The predicted molar refractivity (Wildman–Crippen MR) is 76.4 cm³/mol. The zero-order chi connectivity index (χ0) is 14.9. The van der Waals surface area contributed by atoms with Crippen molar-refractivity contribution in [2.24, 2.45) is 7.05 Å². The number of thioether (sulfide) groups is 1. The lowest BCUT2D eigenvalue weighted by Crippen LogP contribution is -2.08. The first-order chi connectivity index (χ1) is 9.33. The molecular weight excluding hydrogens is 309 g/mol. The van der Waals surface area contributed by atoms with E-state index in [4.69, 9.17) is 12.2 Å². The highest BCUT2D eigenvalue weighted by atomic mass is 32.2. The van der Waals surface area contributed by atoms with Gasteiger partial charge in [0.2, 0.25) is 0 Å². The molecule has 0 saturated carbocycles. The van der Waals surface area contributed by atoms with Crippen LogP contribution in [0.15, 0.2) is 0 Å². The van der Waals surface area contributed by atoms with Gasteiger partial charge in [0, 0.05) is 19.3 Å². The zero-order valence-corrected chi connectivity index (χ0v) is 12.8. The van der Waals surface area contributed by atoms with E-state index in [1.54, 1.807) is 16.3 Å². The minimum Gasteiger partial charge on any atom is -0.328 e. The average Bonchev–Trinajstić information content (AvgIpc) is 2.78. The van der Waals surface area contributed by atoms with Gasteiger partial charge >= 0.3 is 5.51 Å². The van der Waals surface area contributed by atoms with Gasteiger partial charge in [-0.25, -0.2) is 0 Å². The van der Waals surface area contributed by atoms with Crippen LogP contribution >= 0.6 is 24.0 Å². The Balaban J connectivity index is 2.29. The second-order valence-electron chi connectivity index (χ2n) is 4.39. The molecule has 0 atom stereocenters. The Bertz CT molecular complexity index is 653. The molecule has 0 spiro atoms. The van der Waals surface area contributed by atoms with E-state index in [1.807, 2.05) is 6.92 Å². The van der Waals surface area contributed by atoms with E-state index in [1.165, 1.54) is 0 Å². The van der Waals surface area contributed by atoms with E-state index in [-0.39, 0.29) is 24.1 Å². The van der Waals surface area contributed by atoms with Gasteiger partial charge in [0.05, 0.1) is 5.69 Å². The number of rotatable bonds is 5. The highest BCUT2D eigenvalue weighted by Crippen LogP contribution is 2.30. The van der Waals surface area contributed by atoms with Gasteiger partial charge in [-0.3, -0.25) is 4.68 Å². The van der Waals surface area contributed by atoms with Crippen LogP contribution in [0.4, 0.5) is 13.2 Å². The maximum atomic E-state index is 12.2. The lowest BCUT2D eigenvalue weighted by molar-refractivity contribution is -0.0328. The number of imidazole rings is 1. The summed E-state index contributed by atoms with van der Waals surface area (Å²) in [5.41, 5.74) is -1.73. The second kappa shape index (κ2) is 5.80. The minimum absolute atomic E-state index is 0.0387. The molecule has 0 aliphatic carbocycles. The van der Waals surface area contributed by atoms with Gasteiger partial charge in [-0.1, -0.05) is 13.3 Å². The van der Waals surface area contributed by atoms with Crippen LogP contribution in [0.25, 0.3) is 11.2 Å². The van der Waals surface area contributed by atoms with Gasteiger partial charge in [0.1, 0.15) is 5.52 Å². The zero-order valence-electron chi connectivity index (χ0n) is 11.1. The van der Waals surface area contributed by atoms with Gasteiger partial charge in [-0.15, -0.1) is 0 Å². The first-order valence-electron chi connectivity index (χ1n) is 6.18. The van der Waals surface area contributed by atoms with Crippen LogP contribution in [-0.2, 0) is 20.0 Å². The molecule has 4 nitrogen and oxygen atoms in total. The van der Waals surface area contributed by atoms with Crippen LogP contribution < -0.4 is 0 Å². The molecule has 2 rings (SSSR count). The SMILES string of the molecule is CCCc1nn(C)c2c1[nH]c(=S)n2CCSC(F)(F)F. The maximum absolute atomic E-state index is 12.2. The molecule has 0 aliphatic rings. The molecule has 1 N–H and O–H groups in total. The van der Waals surface area contributed by atoms with Crippen LogP contribution in [0.1, 0.15) is 19.0 Å². The Labute approximate surface area is 123 Å². The molecule has 0 radical (unpaired) electrons. The molecule has 2 aromatic heterocycles. The van der Waals surface area contributed by atoms with Gasteiger partial charge in [0.15, 0.2) is 10.4 Å². The van der Waals surface area contributed by atoms with E-state index in [0.29, 0.717) is 4.77 Å². The topological polar surface area (TPSA) is 38.5 Å². The number of alkyl halides is 3. The normalized spacial score (nSPS) is 12.4. The third-order valence-corrected chi connectivity index (χ3v) is 3.93. The molecule has 112 valence electrons. The minimum atomic E-state index is -4.21. The van der Waals surface area contributed by atoms with E-state index in [9.17, 15) is 13.2 Å². The lowest BCUT2D eigenvalue weighted by Gasteiger charge is -2.07. The first kappa shape index (κ1) is 15.4. The van der Waals surface area contributed by atoms with Crippen LogP contribution in [0.2, 0.25) is 0 Å². The Hall–Kier alpha value is -0.960. The van der Waals surface area contributed by atoms with Crippen molar-refractivity contribution < 1.29 is 13.2 Å². The van der Waals surface area contributed by atoms with Crippen molar-refractivity contribution in [2.45, 2.75) is 31.8 Å². The van der Waals surface area contributed by atoms with Crippen molar-refractivity contribution >= 4 is 35.1 Å². The number of fused-ring (bicyclic) bond motifs is 1. The smallest absolute Gasteiger partial charge is 0.328 e. The molecule has 0 aromatic carbocycles. The van der Waals surface area contributed by atoms with Crippen LogP contribution in [0.3, 0.4) is 0 Å². The number of aromatic nitrogens is 4. The number of H-pyrrole nitrogens is 1. The molecule has 0 amide bonds.